The highest BCUT2D eigenvalue weighted by Gasteiger charge is 2.49. The summed E-state index contributed by atoms with van der Waals surface area (Å²) in [6, 6.07) is 15.3. The van der Waals surface area contributed by atoms with Gasteiger partial charge in [-0.05, 0) is 61.9 Å². The molecule has 0 bridgehead atoms. The first-order valence-electron chi connectivity index (χ1n) is 11.4. The Labute approximate surface area is 193 Å². The van der Waals surface area contributed by atoms with Gasteiger partial charge in [-0.1, -0.05) is 28.1 Å². The molecule has 0 amide bonds. The van der Waals surface area contributed by atoms with Crippen LogP contribution in [-0.2, 0) is 6.42 Å². The zero-order valence-corrected chi connectivity index (χ0v) is 19.8. The van der Waals surface area contributed by atoms with Crippen LogP contribution in [0.25, 0.3) is 0 Å². The maximum Gasteiger partial charge on any atom is 0.121 e. The number of halogens is 1. The van der Waals surface area contributed by atoms with E-state index in [-0.39, 0.29) is 11.6 Å². The number of hydrogen-bond acceptors (Lipinski definition) is 5. The lowest BCUT2D eigenvalue weighted by Gasteiger charge is -2.53. The number of ether oxygens (including phenoxy) is 1. The Morgan fingerprint density at radius 2 is 1.94 bits per heavy atom. The molecule has 5 rings (SSSR count). The fourth-order valence-corrected chi connectivity index (χ4v) is 6.09. The van der Waals surface area contributed by atoms with Crippen molar-refractivity contribution in [1.29, 1.82) is 0 Å². The molecule has 3 aliphatic heterocycles. The maximum absolute atomic E-state index is 10.7. The van der Waals surface area contributed by atoms with E-state index in [0.29, 0.717) is 12.5 Å². The molecule has 3 heterocycles. The topological polar surface area (TPSA) is 48.0 Å². The molecule has 2 saturated heterocycles. The summed E-state index contributed by atoms with van der Waals surface area (Å²) in [6.45, 7) is 3.93. The van der Waals surface area contributed by atoms with Crippen LogP contribution in [0.1, 0.15) is 31.2 Å². The average Bonchev–Trinajstić information content (AvgIpc) is 3.28. The molecular weight excluding hydrogens is 454 g/mol. The quantitative estimate of drug-likeness (QED) is 0.661. The second-order valence-corrected chi connectivity index (χ2v) is 10.2. The number of β-amino-alcohol motifs (C(OH)–C–C–N with tert-alkyl or cyclic N) is 1. The number of piperidine rings is 1. The SMILES string of the molecule is COc1ccc2c(c1)NC1(CCN(CC(O)Cc3ccc(Br)cc3)CC1)C1CCCN21. The summed E-state index contributed by atoms with van der Waals surface area (Å²) >= 11 is 3.48. The zero-order chi connectivity index (χ0) is 21.4. The van der Waals surface area contributed by atoms with Crippen molar-refractivity contribution >= 4 is 27.3 Å². The first-order chi connectivity index (χ1) is 15.1. The molecule has 0 aliphatic carbocycles. The summed E-state index contributed by atoms with van der Waals surface area (Å²) < 4.78 is 6.56. The van der Waals surface area contributed by atoms with Crippen LogP contribution < -0.4 is 15.0 Å². The number of methoxy groups -OCH3 is 1. The van der Waals surface area contributed by atoms with E-state index in [1.807, 2.05) is 12.1 Å². The third kappa shape index (κ3) is 4.18. The Bertz CT molecular complexity index is 911. The van der Waals surface area contributed by atoms with Gasteiger partial charge >= 0.3 is 0 Å². The smallest absolute Gasteiger partial charge is 0.121 e. The first-order valence-corrected chi connectivity index (χ1v) is 12.2. The largest absolute Gasteiger partial charge is 0.497 e. The van der Waals surface area contributed by atoms with E-state index in [1.54, 1.807) is 7.11 Å². The number of nitrogens with one attached hydrogen (secondary N) is 1. The fraction of sp³-hybridized carbons (Fsp3) is 0.520. The first kappa shape index (κ1) is 21.1. The molecule has 0 aromatic heterocycles. The Hall–Kier alpha value is -1.76. The van der Waals surface area contributed by atoms with Crippen molar-refractivity contribution in [3.05, 3.63) is 52.5 Å². The second-order valence-electron chi connectivity index (χ2n) is 9.30. The average molecular weight is 486 g/mol. The zero-order valence-electron chi connectivity index (χ0n) is 18.2. The van der Waals surface area contributed by atoms with Crippen LogP contribution in [0.15, 0.2) is 46.9 Å². The molecule has 2 N–H and O–H groups in total. The molecule has 5 nitrogen and oxygen atoms in total. The molecule has 0 radical (unpaired) electrons. The molecule has 31 heavy (non-hydrogen) atoms. The van der Waals surface area contributed by atoms with Gasteiger partial charge in [-0.2, -0.15) is 0 Å². The molecule has 1 spiro atoms. The summed E-state index contributed by atoms with van der Waals surface area (Å²) in [5, 5.41) is 14.6. The van der Waals surface area contributed by atoms with Crippen LogP contribution >= 0.6 is 15.9 Å². The van der Waals surface area contributed by atoms with Crippen molar-refractivity contribution in [2.24, 2.45) is 0 Å². The van der Waals surface area contributed by atoms with Crippen molar-refractivity contribution in [3.8, 4) is 5.75 Å². The van der Waals surface area contributed by atoms with E-state index in [2.05, 4.69) is 61.4 Å². The van der Waals surface area contributed by atoms with Crippen LogP contribution in [0.2, 0.25) is 0 Å². The summed E-state index contributed by atoms with van der Waals surface area (Å²) in [4.78, 5) is 5.07. The van der Waals surface area contributed by atoms with E-state index in [4.69, 9.17) is 4.74 Å². The van der Waals surface area contributed by atoms with Crippen LogP contribution in [-0.4, -0.2) is 61.0 Å². The van der Waals surface area contributed by atoms with Crippen molar-refractivity contribution in [3.63, 3.8) is 0 Å². The lowest BCUT2D eigenvalue weighted by molar-refractivity contribution is 0.0810. The minimum absolute atomic E-state index is 0.114. The highest BCUT2D eigenvalue weighted by molar-refractivity contribution is 9.10. The highest BCUT2D eigenvalue weighted by Crippen LogP contribution is 2.47. The molecular formula is C25H32BrN3O2. The molecule has 2 unspecified atom stereocenters. The minimum Gasteiger partial charge on any atom is -0.497 e. The van der Waals surface area contributed by atoms with E-state index >= 15 is 0 Å². The van der Waals surface area contributed by atoms with Gasteiger partial charge in [-0.15, -0.1) is 0 Å². The number of fused-ring (bicyclic) bond motifs is 4. The predicted octanol–water partition coefficient (Wildman–Crippen LogP) is 4.29. The monoisotopic (exact) mass is 485 g/mol. The third-order valence-electron chi connectivity index (χ3n) is 7.39. The molecule has 0 saturated carbocycles. The molecule has 2 aromatic rings. The van der Waals surface area contributed by atoms with Gasteiger partial charge in [0.15, 0.2) is 0 Å². The fourth-order valence-electron chi connectivity index (χ4n) is 5.82. The van der Waals surface area contributed by atoms with Gasteiger partial charge in [-0.3, -0.25) is 0 Å². The normalized spacial score (nSPS) is 23.2. The van der Waals surface area contributed by atoms with Gasteiger partial charge in [0.2, 0.25) is 0 Å². The molecule has 166 valence electrons. The van der Waals surface area contributed by atoms with Crippen molar-refractivity contribution in [2.75, 3.05) is 43.5 Å². The van der Waals surface area contributed by atoms with Gasteiger partial charge in [-0.25, -0.2) is 0 Å². The Morgan fingerprint density at radius 1 is 1.16 bits per heavy atom. The van der Waals surface area contributed by atoms with Crippen LogP contribution in [0, 0.1) is 0 Å². The van der Waals surface area contributed by atoms with Crippen molar-refractivity contribution in [1.82, 2.24) is 4.90 Å². The van der Waals surface area contributed by atoms with E-state index in [9.17, 15) is 5.11 Å². The summed E-state index contributed by atoms with van der Waals surface area (Å²) in [6.07, 6.45) is 5.10. The number of anilines is 2. The van der Waals surface area contributed by atoms with Crippen molar-refractivity contribution in [2.45, 2.75) is 49.8 Å². The third-order valence-corrected chi connectivity index (χ3v) is 7.92. The Morgan fingerprint density at radius 3 is 2.68 bits per heavy atom. The number of nitrogens with zero attached hydrogens (tertiary/aromatic N) is 2. The Kier molecular flexibility index (Phi) is 5.88. The number of rotatable bonds is 5. The predicted molar refractivity (Wildman–Crippen MR) is 129 cm³/mol. The number of aliphatic hydroxyl groups excluding tert-OH is 1. The lowest BCUT2D eigenvalue weighted by Crippen LogP contribution is -2.62. The van der Waals surface area contributed by atoms with Crippen LogP contribution in [0.4, 0.5) is 11.4 Å². The van der Waals surface area contributed by atoms with Gasteiger partial charge in [0.1, 0.15) is 5.75 Å². The second kappa shape index (κ2) is 8.64. The molecule has 2 fully saturated rings. The van der Waals surface area contributed by atoms with Gasteiger partial charge < -0.3 is 25.0 Å². The molecule has 3 aliphatic rings. The summed E-state index contributed by atoms with van der Waals surface area (Å²) in [5.41, 5.74) is 3.83. The van der Waals surface area contributed by atoms with E-state index in [1.165, 1.54) is 29.8 Å². The number of hydrogen-bond donors (Lipinski definition) is 2. The van der Waals surface area contributed by atoms with Gasteiger partial charge in [0.05, 0.1) is 36.2 Å². The maximum atomic E-state index is 10.7. The van der Waals surface area contributed by atoms with Gasteiger partial charge in [0.25, 0.3) is 0 Å². The summed E-state index contributed by atoms with van der Waals surface area (Å²) in [7, 11) is 1.73. The number of likely N-dealkylation sites (tertiary alicyclic amines) is 1. The van der Waals surface area contributed by atoms with Crippen LogP contribution in [0.3, 0.4) is 0 Å². The van der Waals surface area contributed by atoms with Crippen molar-refractivity contribution < 1.29 is 9.84 Å². The van der Waals surface area contributed by atoms with E-state index in [0.717, 1.165) is 49.2 Å². The lowest BCUT2D eigenvalue weighted by atomic mass is 9.77. The minimum atomic E-state index is -0.331. The summed E-state index contributed by atoms with van der Waals surface area (Å²) in [5.74, 6) is 0.910. The van der Waals surface area contributed by atoms with E-state index < -0.39 is 0 Å². The Balaban J connectivity index is 1.25. The van der Waals surface area contributed by atoms with Gasteiger partial charge in [0, 0.05) is 36.7 Å². The standard InChI is InChI=1S/C25H32BrN3O2/c1-31-21-8-9-23-22(16-21)27-25(24-3-2-12-29(23)24)10-13-28(14-11-25)17-20(30)15-18-4-6-19(26)7-5-18/h4-9,16,20,24,27,30H,2-3,10-15,17H2,1H3. The molecule has 2 atom stereocenters. The number of aliphatic hydroxyl groups is 1. The molecule has 2 aromatic carbocycles. The number of benzene rings is 2. The molecule has 6 heteroatoms. The van der Waals surface area contributed by atoms with Crippen LogP contribution in [0.5, 0.6) is 5.75 Å². The highest BCUT2D eigenvalue weighted by atomic mass is 79.9.